The van der Waals surface area contributed by atoms with Gasteiger partial charge in [0.25, 0.3) is 0 Å². The number of hydrogen-bond acceptors (Lipinski definition) is 4. The second-order valence-corrected chi connectivity index (χ2v) is 10.1. The summed E-state index contributed by atoms with van der Waals surface area (Å²) in [6.07, 6.45) is 5.69. The fourth-order valence-corrected chi connectivity index (χ4v) is 4.22. The molecule has 1 atom stereocenters. The Kier molecular flexibility index (Phi) is 9.69. The first-order valence-corrected chi connectivity index (χ1v) is 12.3. The van der Waals surface area contributed by atoms with E-state index in [-0.39, 0.29) is 17.7 Å². The van der Waals surface area contributed by atoms with Crippen LogP contribution < -0.4 is 0 Å². The molecule has 1 aromatic carbocycles. The van der Waals surface area contributed by atoms with Crippen molar-refractivity contribution in [3.05, 3.63) is 40.1 Å². The van der Waals surface area contributed by atoms with Crippen molar-refractivity contribution in [2.45, 2.75) is 93.4 Å². The van der Waals surface area contributed by atoms with E-state index in [2.05, 4.69) is 39.8 Å². The SMILES string of the molecule is CCCCOCCC1CC(=O)C(c2c(CC)cc(C)cc2CC)=C(OC(=O)C(C)(C)C)C1. The number of allylic oxidation sites excluding steroid dienone is 2. The maximum Gasteiger partial charge on any atom is 0.316 e. The summed E-state index contributed by atoms with van der Waals surface area (Å²) in [6, 6.07) is 4.32. The van der Waals surface area contributed by atoms with Crippen molar-refractivity contribution in [2.75, 3.05) is 13.2 Å². The van der Waals surface area contributed by atoms with Crippen LogP contribution >= 0.6 is 0 Å². The number of unbranched alkanes of at least 4 members (excludes halogenated alkanes) is 1. The van der Waals surface area contributed by atoms with Crippen LogP contribution in [0, 0.1) is 18.3 Å². The minimum absolute atomic E-state index is 0.0831. The zero-order valence-corrected chi connectivity index (χ0v) is 21.2. The van der Waals surface area contributed by atoms with Gasteiger partial charge in [0, 0.05) is 26.1 Å². The second kappa shape index (κ2) is 11.8. The van der Waals surface area contributed by atoms with Crippen LogP contribution in [0.1, 0.15) is 95.9 Å². The van der Waals surface area contributed by atoms with Gasteiger partial charge in [0.1, 0.15) is 5.76 Å². The maximum atomic E-state index is 13.5. The van der Waals surface area contributed by atoms with Crippen LogP contribution in [0.3, 0.4) is 0 Å². The van der Waals surface area contributed by atoms with Crippen LogP contribution in [-0.4, -0.2) is 25.0 Å². The molecule has 178 valence electrons. The van der Waals surface area contributed by atoms with Crippen molar-refractivity contribution in [1.29, 1.82) is 0 Å². The molecule has 1 unspecified atom stereocenters. The number of hydrogen-bond donors (Lipinski definition) is 0. The zero-order valence-electron chi connectivity index (χ0n) is 21.2. The number of carbonyl (C=O) groups is 2. The Labute approximate surface area is 194 Å². The van der Waals surface area contributed by atoms with Crippen molar-refractivity contribution in [3.8, 4) is 0 Å². The lowest BCUT2D eigenvalue weighted by Crippen LogP contribution is -2.28. The van der Waals surface area contributed by atoms with Gasteiger partial charge in [-0.1, -0.05) is 44.9 Å². The van der Waals surface area contributed by atoms with Crippen molar-refractivity contribution in [1.82, 2.24) is 0 Å². The summed E-state index contributed by atoms with van der Waals surface area (Å²) in [5.74, 6) is 0.477. The molecule has 0 fully saturated rings. The predicted octanol–water partition coefficient (Wildman–Crippen LogP) is 6.61. The summed E-state index contributed by atoms with van der Waals surface area (Å²) in [7, 11) is 0. The summed E-state index contributed by atoms with van der Waals surface area (Å²) in [5, 5.41) is 0. The topological polar surface area (TPSA) is 52.6 Å². The van der Waals surface area contributed by atoms with E-state index in [4.69, 9.17) is 9.47 Å². The van der Waals surface area contributed by atoms with Crippen molar-refractivity contribution < 1.29 is 19.1 Å². The van der Waals surface area contributed by atoms with E-state index in [1.807, 2.05) is 20.8 Å². The van der Waals surface area contributed by atoms with Gasteiger partial charge in [0.15, 0.2) is 5.78 Å². The van der Waals surface area contributed by atoms with E-state index in [0.29, 0.717) is 30.8 Å². The fourth-order valence-electron chi connectivity index (χ4n) is 4.22. The fraction of sp³-hybridized carbons (Fsp3) is 0.643. The summed E-state index contributed by atoms with van der Waals surface area (Å²) in [4.78, 5) is 26.3. The first-order chi connectivity index (χ1) is 15.1. The molecule has 1 aliphatic carbocycles. The Morgan fingerprint density at radius 1 is 1.03 bits per heavy atom. The highest BCUT2D eigenvalue weighted by Gasteiger charge is 2.34. The minimum Gasteiger partial charge on any atom is -0.430 e. The van der Waals surface area contributed by atoms with Crippen LogP contribution in [0.4, 0.5) is 0 Å². The number of ether oxygens (including phenoxy) is 2. The van der Waals surface area contributed by atoms with E-state index >= 15 is 0 Å². The van der Waals surface area contributed by atoms with Gasteiger partial charge in [-0.3, -0.25) is 9.59 Å². The number of ketones is 1. The third kappa shape index (κ3) is 6.78. The number of benzene rings is 1. The number of carbonyl (C=O) groups excluding carboxylic acids is 2. The molecular weight excluding hydrogens is 400 g/mol. The first kappa shape index (κ1) is 26.3. The molecule has 0 saturated heterocycles. The van der Waals surface area contributed by atoms with E-state index < -0.39 is 5.41 Å². The average molecular weight is 443 g/mol. The molecule has 0 N–H and O–H groups in total. The molecule has 0 aromatic heterocycles. The molecule has 0 spiro atoms. The van der Waals surface area contributed by atoms with E-state index in [9.17, 15) is 9.59 Å². The maximum absolute atomic E-state index is 13.5. The molecule has 4 nitrogen and oxygen atoms in total. The molecule has 0 amide bonds. The molecule has 0 heterocycles. The van der Waals surface area contributed by atoms with Crippen molar-refractivity contribution in [3.63, 3.8) is 0 Å². The van der Waals surface area contributed by atoms with E-state index in [1.165, 1.54) is 5.56 Å². The quantitative estimate of drug-likeness (QED) is 0.302. The Morgan fingerprint density at radius 3 is 2.19 bits per heavy atom. The summed E-state index contributed by atoms with van der Waals surface area (Å²) >= 11 is 0. The number of rotatable bonds is 10. The molecule has 0 radical (unpaired) electrons. The zero-order chi connectivity index (χ0) is 23.9. The third-order valence-corrected chi connectivity index (χ3v) is 6.10. The summed E-state index contributed by atoms with van der Waals surface area (Å²) in [5.41, 5.74) is 4.47. The van der Waals surface area contributed by atoms with Gasteiger partial charge in [0.05, 0.1) is 11.0 Å². The highest BCUT2D eigenvalue weighted by Crippen LogP contribution is 2.39. The molecule has 4 heteroatoms. The highest BCUT2D eigenvalue weighted by atomic mass is 16.5. The minimum atomic E-state index is -0.633. The molecule has 32 heavy (non-hydrogen) atoms. The molecule has 1 aromatic rings. The number of esters is 1. The standard InChI is InChI=1S/C28H42O4/c1-8-11-13-31-14-12-20-17-23(29)26(24(18-20)32-27(30)28(5,6)7)25-21(9-2)15-19(4)16-22(25)10-3/h15-16,20H,8-14,17-18H2,1-7H3. The summed E-state index contributed by atoms with van der Waals surface area (Å²) in [6.45, 7) is 15.4. The Bertz CT molecular complexity index is 816. The van der Waals surface area contributed by atoms with Gasteiger partial charge in [0.2, 0.25) is 0 Å². The normalized spacial score (nSPS) is 17.1. The van der Waals surface area contributed by atoms with Crippen LogP contribution in [0.5, 0.6) is 0 Å². The largest absolute Gasteiger partial charge is 0.430 e. The van der Waals surface area contributed by atoms with Gasteiger partial charge in [-0.05, 0) is 76.0 Å². The van der Waals surface area contributed by atoms with E-state index in [1.54, 1.807) is 0 Å². The Balaban J connectivity index is 2.46. The van der Waals surface area contributed by atoms with E-state index in [0.717, 1.165) is 55.4 Å². The molecule has 0 bridgehead atoms. The van der Waals surface area contributed by atoms with Gasteiger partial charge in [-0.2, -0.15) is 0 Å². The molecule has 0 aliphatic heterocycles. The molecular formula is C28H42O4. The Hall–Kier alpha value is -1.94. The van der Waals surface area contributed by atoms with Crippen molar-refractivity contribution >= 4 is 17.3 Å². The Morgan fingerprint density at radius 2 is 1.66 bits per heavy atom. The molecule has 2 rings (SSSR count). The summed E-state index contributed by atoms with van der Waals surface area (Å²) < 4.78 is 11.7. The third-order valence-electron chi connectivity index (χ3n) is 6.10. The highest BCUT2D eigenvalue weighted by molar-refractivity contribution is 6.23. The lowest BCUT2D eigenvalue weighted by atomic mass is 9.79. The van der Waals surface area contributed by atoms with Crippen LogP contribution in [0.15, 0.2) is 17.9 Å². The van der Waals surface area contributed by atoms with Crippen LogP contribution in [0.25, 0.3) is 5.57 Å². The number of Topliss-reactive ketones (excluding diaryl/α,β-unsaturated/α-hetero) is 1. The van der Waals surface area contributed by atoms with Crippen molar-refractivity contribution in [2.24, 2.45) is 11.3 Å². The second-order valence-electron chi connectivity index (χ2n) is 10.1. The molecule has 1 aliphatic rings. The lowest BCUT2D eigenvalue weighted by molar-refractivity contribution is -0.148. The lowest BCUT2D eigenvalue weighted by Gasteiger charge is -2.29. The smallest absolute Gasteiger partial charge is 0.316 e. The van der Waals surface area contributed by atoms with Crippen LogP contribution in [0.2, 0.25) is 0 Å². The number of aryl methyl sites for hydroxylation is 3. The van der Waals surface area contributed by atoms with Gasteiger partial charge >= 0.3 is 5.97 Å². The van der Waals surface area contributed by atoms with Gasteiger partial charge in [-0.15, -0.1) is 0 Å². The first-order valence-electron chi connectivity index (χ1n) is 12.3. The van der Waals surface area contributed by atoms with Gasteiger partial charge in [-0.25, -0.2) is 0 Å². The van der Waals surface area contributed by atoms with Gasteiger partial charge < -0.3 is 9.47 Å². The van der Waals surface area contributed by atoms with Crippen LogP contribution in [-0.2, 0) is 31.9 Å². The molecule has 0 saturated carbocycles. The average Bonchev–Trinajstić information content (AvgIpc) is 2.72. The monoisotopic (exact) mass is 442 g/mol. The predicted molar refractivity (Wildman–Crippen MR) is 130 cm³/mol.